The molecule has 0 radical (unpaired) electrons. The minimum Gasteiger partial charge on any atom is -0.390 e. The number of hydrogen-bond donors (Lipinski definition) is 2. The van der Waals surface area contributed by atoms with Crippen molar-refractivity contribution in [1.82, 2.24) is 15.0 Å². The highest BCUT2D eigenvalue weighted by Gasteiger charge is 2.01. The molecule has 0 saturated carbocycles. The maximum atomic E-state index is 8.84. The van der Waals surface area contributed by atoms with Gasteiger partial charge in [0.05, 0.1) is 24.1 Å². The number of rotatable bonds is 1. The highest BCUT2D eigenvalue weighted by atomic mass is 16.3. The molecule has 0 unspecified atom stereocenters. The number of nitrogens with zero attached hydrogens (tertiary/aromatic N) is 2. The second-order valence-electron chi connectivity index (χ2n) is 2.21. The second-order valence-corrected chi connectivity index (χ2v) is 2.21. The molecule has 2 aromatic rings. The van der Waals surface area contributed by atoms with Crippen LogP contribution in [0.25, 0.3) is 11.0 Å². The molecule has 2 rings (SSSR count). The fourth-order valence-corrected chi connectivity index (χ4v) is 1.04. The van der Waals surface area contributed by atoms with Gasteiger partial charge in [0.1, 0.15) is 5.52 Å². The summed E-state index contributed by atoms with van der Waals surface area (Å²) in [5.41, 5.74) is 2.27. The van der Waals surface area contributed by atoms with Crippen LogP contribution in [-0.2, 0) is 6.61 Å². The number of nitrogens with one attached hydrogen (secondary N) is 1. The zero-order valence-corrected chi connectivity index (χ0v) is 5.78. The Morgan fingerprint density at radius 3 is 3.18 bits per heavy atom. The van der Waals surface area contributed by atoms with E-state index >= 15 is 0 Å². The maximum absolute atomic E-state index is 8.84. The van der Waals surface area contributed by atoms with Crippen molar-refractivity contribution < 1.29 is 5.11 Å². The fraction of sp³-hybridized carbons (Fsp3) is 0.143. The first-order valence-corrected chi connectivity index (χ1v) is 3.29. The lowest BCUT2D eigenvalue weighted by Gasteiger charge is -1.93. The third-order valence-corrected chi connectivity index (χ3v) is 1.56. The van der Waals surface area contributed by atoms with Gasteiger partial charge in [-0.25, -0.2) is 4.98 Å². The van der Waals surface area contributed by atoms with Crippen LogP contribution >= 0.6 is 0 Å². The standard InChI is InChI=1S/C7H7N3O/c11-3-6-7-5(1-2-8-6)9-4-10-7/h1-2,4,11H,3H2,(H,9,10). The number of pyridine rings is 1. The zero-order valence-electron chi connectivity index (χ0n) is 5.78. The van der Waals surface area contributed by atoms with Crippen LogP contribution in [0.2, 0.25) is 0 Å². The lowest BCUT2D eigenvalue weighted by atomic mass is 10.3. The second kappa shape index (κ2) is 2.32. The van der Waals surface area contributed by atoms with E-state index in [0.29, 0.717) is 5.69 Å². The van der Waals surface area contributed by atoms with Gasteiger partial charge >= 0.3 is 0 Å². The lowest BCUT2D eigenvalue weighted by molar-refractivity contribution is 0.278. The van der Waals surface area contributed by atoms with Gasteiger partial charge < -0.3 is 10.1 Å². The van der Waals surface area contributed by atoms with E-state index in [-0.39, 0.29) is 6.61 Å². The molecule has 4 nitrogen and oxygen atoms in total. The van der Waals surface area contributed by atoms with Gasteiger partial charge in [-0.15, -0.1) is 0 Å². The van der Waals surface area contributed by atoms with Crippen molar-refractivity contribution in [2.24, 2.45) is 0 Å². The number of aliphatic hydroxyl groups excluding tert-OH is 1. The molecule has 0 spiro atoms. The number of H-pyrrole nitrogens is 1. The Kier molecular flexibility index (Phi) is 1.33. The molecule has 0 aliphatic rings. The first-order valence-electron chi connectivity index (χ1n) is 3.29. The van der Waals surface area contributed by atoms with Crippen molar-refractivity contribution >= 4 is 11.0 Å². The molecule has 11 heavy (non-hydrogen) atoms. The Morgan fingerprint density at radius 1 is 1.45 bits per heavy atom. The highest BCUT2D eigenvalue weighted by Crippen LogP contribution is 2.10. The van der Waals surface area contributed by atoms with E-state index in [1.807, 2.05) is 6.07 Å². The van der Waals surface area contributed by atoms with Crippen molar-refractivity contribution in [3.05, 3.63) is 24.3 Å². The Balaban J connectivity index is 2.79. The van der Waals surface area contributed by atoms with Crippen molar-refractivity contribution in [3.63, 3.8) is 0 Å². The first kappa shape index (κ1) is 6.30. The number of aromatic nitrogens is 3. The summed E-state index contributed by atoms with van der Waals surface area (Å²) in [7, 11) is 0. The van der Waals surface area contributed by atoms with Crippen LogP contribution in [0.3, 0.4) is 0 Å². The fourth-order valence-electron chi connectivity index (χ4n) is 1.04. The Morgan fingerprint density at radius 2 is 2.36 bits per heavy atom. The molecule has 2 N–H and O–H groups in total. The summed E-state index contributed by atoms with van der Waals surface area (Å²) in [6.07, 6.45) is 3.23. The average molecular weight is 149 g/mol. The first-order chi connectivity index (χ1) is 5.42. The smallest absolute Gasteiger partial charge is 0.112 e. The minimum absolute atomic E-state index is 0.0673. The molecule has 0 atom stereocenters. The van der Waals surface area contributed by atoms with Crippen molar-refractivity contribution in [1.29, 1.82) is 0 Å². The van der Waals surface area contributed by atoms with Crippen LogP contribution in [-0.4, -0.2) is 20.1 Å². The van der Waals surface area contributed by atoms with Crippen molar-refractivity contribution in [2.75, 3.05) is 0 Å². The summed E-state index contributed by atoms with van der Waals surface area (Å²) in [5.74, 6) is 0. The van der Waals surface area contributed by atoms with Gasteiger partial charge in [0.25, 0.3) is 0 Å². The number of aromatic amines is 1. The molecule has 0 fully saturated rings. The van der Waals surface area contributed by atoms with Crippen LogP contribution in [0.5, 0.6) is 0 Å². The molecule has 0 aliphatic carbocycles. The topological polar surface area (TPSA) is 61.8 Å². The van der Waals surface area contributed by atoms with Gasteiger partial charge in [0, 0.05) is 6.20 Å². The van der Waals surface area contributed by atoms with Crippen LogP contribution in [0.4, 0.5) is 0 Å². The average Bonchev–Trinajstić information content (AvgIpc) is 2.50. The molecule has 0 aromatic carbocycles. The van der Waals surface area contributed by atoms with Gasteiger partial charge in [-0.2, -0.15) is 0 Å². The summed E-state index contributed by atoms with van der Waals surface area (Å²) in [5, 5.41) is 8.84. The molecular formula is C7H7N3O. The molecule has 56 valence electrons. The largest absolute Gasteiger partial charge is 0.390 e. The van der Waals surface area contributed by atoms with E-state index in [4.69, 9.17) is 5.11 Å². The van der Waals surface area contributed by atoms with Crippen LogP contribution in [0, 0.1) is 0 Å². The van der Waals surface area contributed by atoms with E-state index in [9.17, 15) is 0 Å². The number of aliphatic hydroxyl groups is 1. The van der Waals surface area contributed by atoms with Gasteiger partial charge in [-0.1, -0.05) is 0 Å². The zero-order chi connectivity index (χ0) is 7.68. The molecule has 2 aromatic heterocycles. The number of imidazole rings is 1. The van der Waals surface area contributed by atoms with Crippen molar-refractivity contribution in [2.45, 2.75) is 6.61 Å². The van der Waals surface area contributed by atoms with Crippen LogP contribution < -0.4 is 0 Å². The quantitative estimate of drug-likeness (QED) is 0.618. The van der Waals surface area contributed by atoms with Gasteiger partial charge in [-0.3, -0.25) is 4.98 Å². The van der Waals surface area contributed by atoms with Gasteiger partial charge in [-0.05, 0) is 6.07 Å². The summed E-state index contributed by atoms with van der Waals surface area (Å²) >= 11 is 0. The summed E-state index contributed by atoms with van der Waals surface area (Å²) in [4.78, 5) is 10.9. The Bertz CT molecular complexity index is 368. The third kappa shape index (κ3) is 0.877. The molecular weight excluding hydrogens is 142 g/mol. The highest BCUT2D eigenvalue weighted by molar-refractivity contribution is 5.76. The lowest BCUT2D eigenvalue weighted by Crippen LogP contribution is -1.89. The van der Waals surface area contributed by atoms with E-state index in [1.165, 1.54) is 0 Å². The molecule has 0 amide bonds. The SMILES string of the molecule is OCc1nccc2[nH]cnc12. The Hall–Kier alpha value is -1.42. The molecule has 2 heterocycles. The van der Waals surface area contributed by atoms with Crippen LogP contribution in [0.15, 0.2) is 18.6 Å². The van der Waals surface area contributed by atoms with Crippen LogP contribution in [0.1, 0.15) is 5.69 Å². The predicted molar refractivity (Wildman–Crippen MR) is 39.8 cm³/mol. The van der Waals surface area contributed by atoms with Gasteiger partial charge in [0.2, 0.25) is 0 Å². The van der Waals surface area contributed by atoms with E-state index in [2.05, 4.69) is 15.0 Å². The molecule has 4 heteroatoms. The van der Waals surface area contributed by atoms with Crippen molar-refractivity contribution in [3.8, 4) is 0 Å². The van der Waals surface area contributed by atoms with E-state index in [0.717, 1.165) is 11.0 Å². The van der Waals surface area contributed by atoms with Gasteiger partial charge in [0.15, 0.2) is 0 Å². The van der Waals surface area contributed by atoms with E-state index in [1.54, 1.807) is 12.5 Å². The summed E-state index contributed by atoms with van der Waals surface area (Å²) < 4.78 is 0. The molecule has 0 aliphatic heterocycles. The minimum atomic E-state index is -0.0673. The third-order valence-electron chi connectivity index (χ3n) is 1.56. The summed E-state index contributed by atoms with van der Waals surface area (Å²) in [6, 6.07) is 1.82. The maximum Gasteiger partial charge on any atom is 0.112 e. The van der Waals surface area contributed by atoms with E-state index < -0.39 is 0 Å². The summed E-state index contributed by atoms with van der Waals surface area (Å²) in [6.45, 7) is -0.0673. The number of fused-ring (bicyclic) bond motifs is 1. The normalized spacial score (nSPS) is 10.6. The number of hydrogen-bond acceptors (Lipinski definition) is 3. The molecule has 0 bridgehead atoms. The molecule has 0 saturated heterocycles. The monoisotopic (exact) mass is 149 g/mol. The Labute approximate surface area is 62.9 Å². The predicted octanol–water partition coefficient (Wildman–Crippen LogP) is 0.450.